The highest BCUT2D eigenvalue weighted by atomic mass is 16.6. The van der Waals surface area contributed by atoms with Gasteiger partial charge in [-0.3, -0.25) is 24.2 Å². The van der Waals surface area contributed by atoms with E-state index in [1.54, 1.807) is 25.9 Å². The summed E-state index contributed by atoms with van der Waals surface area (Å²) in [5, 5.41) is 0. The number of carbonyl (C=O) groups excluding carboxylic acids is 4. The Morgan fingerprint density at radius 2 is 1.67 bits per heavy atom. The molecule has 10 nitrogen and oxygen atoms in total. The summed E-state index contributed by atoms with van der Waals surface area (Å²) >= 11 is 0. The molecule has 3 fully saturated rings. The number of esters is 1. The molecule has 3 heterocycles. The van der Waals surface area contributed by atoms with Crippen LogP contribution in [0.15, 0.2) is 11.6 Å². The number of fused-ring (bicyclic) bond motifs is 2. The number of morpholine rings is 1. The second-order valence-corrected chi connectivity index (χ2v) is 13.1. The molecular weight excluding hydrogens is 540 g/mol. The molecule has 236 valence electrons. The Morgan fingerprint density at radius 3 is 2.29 bits per heavy atom. The van der Waals surface area contributed by atoms with E-state index in [1.807, 2.05) is 34.6 Å². The summed E-state index contributed by atoms with van der Waals surface area (Å²) in [6, 6.07) is -0.663. The minimum Gasteiger partial charge on any atom is -0.458 e. The van der Waals surface area contributed by atoms with Gasteiger partial charge in [-0.25, -0.2) is 4.79 Å². The maximum absolute atomic E-state index is 14.3. The Bertz CT molecular complexity index is 1090. The van der Waals surface area contributed by atoms with Crippen molar-refractivity contribution in [2.75, 3.05) is 46.5 Å². The number of methoxy groups -OCH3 is 1. The van der Waals surface area contributed by atoms with Crippen LogP contribution in [0.4, 0.5) is 4.79 Å². The van der Waals surface area contributed by atoms with Crippen LogP contribution in [0.25, 0.3) is 0 Å². The van der Waals surface area contributed by atoms with Crippen LogP contribution in [0.1, 0.15) is 67.7 Å². The molecule has 1 aliphatic carbocycles. The number of amides is 1. The number of hydrogen-bond acceptors (Lipinski definition) is 9. The zero-order valence-corrected chi connectivity index (χ0v) is 26.6. The summed E-state index contributed by atoms with van der Waals surface area (Å²) < 4.78 is 23.8. The average molecular weight is 591 g/mol. The molecule has 4 aliphatic rings. The quantitative estimate of drug-likeness (QED) is 0.269. The third kappa shape index (κ3) is 5.78. The number of ether oxygens (including phenoxy) is 4. The van der Waals surface area contributed by atoms with E-state index in [2.05, 4.69) is 11.0 Å². The number of hydrogen-bond donors (Lipinski definition) is 0. The van der Waals surface area contributed by atoms with Gasteiger partial charge < -0.3 is 18.9 Å². The molecular formula is C32H50N2O8. The van der Waals surface area contributed by atoms with E-state index in [4.69, 9.17) is 18.9 Å². The topological polar surface area (TPSA) is 112 Å². The van der Waals surface area contributed by atoms with Crippen molar-refractivity contribution in [1.29, 1.82) is 0 Å². The van der Waals surface area contributed by atoms with E-state index in [9.17, 15) is 19.2 Å². The lowest BCUT2D eigenvalue weighted by Crippen LogP contribution is -2.58. The first kappa shape index (κ1) is 32.6. The van der Waals surface area contributed by atoms with Gasteiger partial charge in [0.05, 0.1) is 24.9 Å². The zero-order valence-electron chi connectivity index (χ0n) is 26.6. The Kier molecular flexibility index (Phi) is 9.89. The maximum atomic E-state index is 14.3. The van der Waals surface area contributed by atoms with Crippen LogP contribution >= 0.6 is 0 Å². The fourth-order valence-electron chi connectivity index (χ4n) is 8.16. The molecule has 3 aliphatic heterocycles. The van der Waals surface area contributed by atoms with Gasteiger partial charge in [-0.15, -0.1) is 0 Å². The predicted molar refractivity (Wildman–Crippen MR) is 156 cm³/mol. The van der Waals surface area contributed by atoms with Gasteiger partial charge >= 0.3 is 12.1 Å². The first-order chi connectivity index (χ1) is 19.8. The fraction of sp³-hybridized carbons (Fsp3) is 0.812. The number of cyclic esters (lactones) is 1. The van der Waals surface area contributed by atoms with E-state index < -0.39 is 59.1 Å². The molecule has 10 heteroatoms. The van der Waals surface area contributed by atoms with Crippen molar-refractivity contribution in [1.82, 2.24) is 9.80 Å². The normalized spacial score (nSPS) is 40.6. The van der Waals surface area contributed by atoms with Crippen molar-refractivity contribution in [3.8, 4) is 0 Å². The molecule has 1 amide bonds. The largest absolute Gasteiger partial charge is 0.458 e. The van der Waals surface area contributed by atoms with E-state index in [0.29, 0.717) is 45.6 Å². The molecule has 3 saturated heterocycles. The number of carbonyl (C=O) groups is 4. The first-order valence-electron chi connectivity index (χ1n) is 15.6. The van der Waals surface area contributed by atoms with Crippen molar-refractivity contribution < 1.29 is 38.1 Å². The SMILES string of the molecule is CC[C@H]1OC(=O)[C@H](C)C(=O)[C@H](C)[C@H]2C(C)=CC[C@@]2(OC)C[C@@H](C)C(=O)[C@H](C)[C@H]2N(CCN3CCOCC3)C(=O)O[C@]12C. The first-order valence-corrected chi connectivity index (χ1v) is 15.6. The molecule has 4 rings (SSSR count). The van der Waals surface area contributed by atoms with Gasteiger partial charge in [0.25, 0.3) is 0 Å². The van der Waals surface area contributed by atoms with Crippen LogP contribution in [-0.2, 0) is 33.3 Å². The van der Waals surface area contributed by atoms with Crippen LogP contribution in [0.3, 0.4) is 0 Å². The Labute approximate surface area is 250 Å². The number of rotatable bonds is 5. The molecule has 0 unspecified atom stereocenters. The molecule has 0 radical (unpaired) electrons. The molecule has 0 N–H and O–H groups in total. The van der Waals surface area contributed by atoms with Gasteiger partial charge in [0, 0.05) is 57.0 Å². The standard InChI is InChI=1S/C32H50N2O8/c1-9-24-31(7)28(34(30(38)42-31)13-12-33-14-16-40-17-15-33)22(5)26(35)20(3)18-32(39-8)11-10-19(2)25(32)21(4)27(36)23(6)29(37)41-24/h10,20-25,28H,9,11-18H2,1-8H3/t20-,21-,22+,23-,24-,25-,28-,31-,32-/m1/s1. The zero-order chi connectivity index (χ0) is 31.0. The monoisotopic (exact) mass is 590 g/mol. The third-order valence-electron chi connectivity index (χ3n) is 10.5. The smallest absolute Gasteiger partial charge is 0.410 e. The highest BCUT2D eigenvalue weighted by Gasteiger charge is 2.60. The lowest BCUT2D eigenvalue weighted by atomic mass is 9.69. The van der Waals surface area contributed by atoms with E-state index >= 15 is 0 Å². The van der Waals surface area contributed by atoms with E-state index in [1.165, 1.54) is 0 Å². The van der Waals surface area contributed by atoms with E-state index in [0.717, 1.165) is 18.7 Å². The molecule has 0 spiro atoms. The van der Waals surface area contributed by atoms with Crippen molar-refractivity contribution in [3.63, 3.8) is 0 Å². The van der Waals surface area contributed by atoms with Gasteiger partial charge in [-0.2, -0.15) is 0 Å². The van der Waals surface area contributed by atoms with Crippen LogP contribution in [-0.4, -0.2) is 103 Å². The third-order valence-corrected chi connectivity index (χ3v) is 10.5. The lowest BCUT2D eigenvalue weighted by molar-refractivity contribution is -0.172. The van der Waals surface area contributed by atoms with Crippen molar-refractivity contribution in [3.05, 3.63) is 11.6 Å². The summed E-state index contributed by atoms with van der Waals surface area (Å²) in [4.78, 5) is 58.9. The molecule has 42 heavy (non-hydrogen) atoms. The Balaban J connectivity index is 1.75. The second kappa shape index (κ2) is 12.7. The predicted octanol–water partition coefficient (Wildman–Crippen LogP) is 3.66. The van der Waals surface area contributed by atoms with Crippen LogP contribution < -0.4 is 0 Å². The van der Waals surface area contributed by atoms with Gasteiger partial charge in [-0.1, -0.05) is 39.3 Å². The van der Waals surface area contributed by atoms with Gasteiger partial charge in [0.2, 0.25) is 0 Å². The summed E-state index contributed by atoms with van der Waals surface area (Å²) in [5.41, 5.74) is -1.01. The molecule has 0 aromatic heterocycles. The van der Waals surface area contributed by atoms with Crippen LogP contribution in [0.2, 0.25) is 0 Å². The van der Waals surface area contributed by atoms with Crippen molar-refractivity contribution >= 4 is 23.6 Å². The summed E-state index contributed by atoms with van der Waals surface area (Å²) in [5.74, 6) is -3.68. The van der Waals surface area contributed by atoms with E-state index in [-0.39, 0.29) is 17.5 Å². The molecule has 9 atom stereocenters. The number of ketones is 2. The highest BCUT2D eigenvalue weighted by molar-refractivity contribution is 6.00. The fourth-order valence-corrected chi connectivity index (χ4v) is 8.16. The lowest BCUT2D eigenvalue weighted by Gasteiger charge is -2.43. The maximum Gasteiger partial charge on any atom is 0.410 e. The highest BCUT2D eigenvalue weighted by Crippen LogP contribution is 2.48. The summed E-state index contributed by atoms with van der Waals surface area (Å²) in [6.07, 6.45) is 2.08. The Hall–Kier alpha value is -2.30. The molecule has 0 aromatic rings. The molecule has 0 saturated carbocycles. The minimum atomic E-state index is -1.28. The van der Waals surface area contributed by atoms with Crippen LogP contribution in [0.5, 0.6) is 0 Å². The minimum absolute atomic E-state index is 0.00814. The van der Waals surface area contributed by atoms with Gasteiger partial charge in [-0.05, 0) is 40.0 Å². The average Bonchev–Trinajstić information content (AvgIpc) is 3.44. The van der Waals surface area contributed by atoms with Crippen LogP contribution in [0, 0.1) is 29.6 Å². The molecule has 0 bridgehead atoms. The summed E-state index contributed by atoms with van der Waals surface area (Å²) in [6.45, 7) is 16.6. The number of nitrogens with zero attached hydrogens (tertiary/aromatic N) is 2. The van der Waals surface area contributed by atoms with Crippen molar-refractivity contribution in [2.24, 2.45) is 29.6 Å². The molecule has 0 aromatic carbocycles. The van der Waals surface area contributed by atoms with Crippen molar-refractivity contribution in [2.45, 2.75) is 91.1 Å². The van der Waals surface area contributed by atoms with Gasteiger partial charge in [0.15, 0.2) is 5.60 Å². The second-order valence-electron chi connectivity index (χ2n) is 13.1. The Morgan fingerprint density at radius 1 is 1.00 bits per heavy atom. The number of Topliss-reactive ketones (excluding diaryl/α,β-unsaturated/α-hetero) is 2. The van der Waals surface area contributed by atoms with Gasteiger partial charge in [0.1, 0.15) is 23.6 Å². The summed E-state index contributed by atoms with van der Waals surface area (Å²) in [7, 11) is 1.64.